The molecule has 0 spiro atoms. The number of anilines is 1. The predicted molar refractivity (Wildman–Crippen MR) is 58.0 cm³/mol. The van der Waals surface area contributed by atoms with Crippen molar-refractivity contribution in [2.45, 2.75) is 19.8 Å². The normalized spacial score (nSPS) is 15.3. The van der Waals surface area contributed by atoms with Crippen molar-refractivity contribution in [3.63, 3.8) is 0 Å². The molecule has 0 atom stereocenters. The van der Waals surface area contributed by atoms with E-state index in [2.05, 4.69) is 26.2 Å². The summed E-state index contributed by atoms with van der Waals surface area (Å²) >= 11 is 3.29. The Balaban J connectivity index is 2.11. The minimum absolute atomic E-state index is 0.0926. The Morgan fingerprint density at radius 1 is 1.57 bits per heavy atom. The largest absolute Gasteiger partial charge is 0.310 e. The van der Waals surface area contributed by atoms with Crippen LogP contribution in [0.25, 0.3) is 0 Å². The van der Waals surface area contributed by atoms with E-state index in [1.807, 2.05) is 19.1 Å². The maximum Gasteiger partial charge on any atom is 0.228 e. The van der Waals surface area contributed by atoms with Crippen LogP contribution in [0.4, 0.5) is 5.82 Å². The molecule has 1 fully saturated rings. The molecule has 2 rings (SSSR count). The number of pyridine rings is 1. The van der Waals surface area contributed by atoms with Crippen molar-refractivity contribution < 1.29 is 4.79 Å². The Bertz CT molecular complexity index is 354. The monoisotopic (exact) mass is 254 g/mol. The lowest BCUT2D eigenvalue weighted by Gasteiger charge is -2.04. The van der Waals surface area contributed by atoms with Gasteiger partial charge in [0, 0.05) is 5.92 Å². The first-order valence-corrected chi connectivity index (χ1v) is 5.39. The van der Waals surface area contributed by atoms with Crippen LogP contribution in [0.1, 0.15) is 18.4 Å². The highest BCUT2D eigenvalue weighted by Crippen LogP contribution is 2.30. The Hall–Kier alpha value is -0.900. The summed E-state index contributed by atoms with van der Waals surface area (Å²) in [6.07, 6.45) is 2.03. The molecule has 0 aliphatic heterocycles. The fourth-order valence-electron chi connectivity index (χ4n) is 1.26. The van der Waals surface area contributed by atoms with Crippen molar-refractivity contribution in [3.8, 4) is 0 Å². The Kier molecular flexibility index (Phi) is 2.54. The Morgan fingerprint density at radius 3 is 2.86 bits per heavy atom. The highest BCUT2D eigenvalue weighted by atomic mass is 79.9. The first-order valence-electron chi connectivity index (χ1n) is 4.60. The van der Waals surface area contributed by atoms with Gasteiger partial charge in [0.1, 0.15) is 10.4 Å². The number of aromatic nitrogens is 1. The molecule has 4 heteroatoms. The Labute approximate surface area is 91.0 Å². The fourth-order valence-corrected chi connectivity index (χ4v) is 1.81. The van der Waals surface area contributed by atoms with Gasteiger partial charge in [-0.2, -0.15) is 0 Å². The van der Waals surface area contributed by atoms with E-state index in [1.54, 1.807) is 0 Å². The average molecular weight is 255 g/mol. The van der Waals surface area contributed by atoms with Crippen molar-refractivity contribution in [3.05, 3.63) is 22.3 Å². The first kappa shape index (κ1) is 9.65. The zero-order chi connectivity index (χ0) is 10.1. The molecule has 1 aromatic rings. The third-order valence-electron chi connectivity index (χ3n) is 2.14. The second kappa shape index (κ2) is 3.69. The lowest BCUT2D eigenvalue weighted by atomic mass is 10.3. The van der Waals surface area contributed by atoms with Crippen LogP contribution in [0.3, 0.4) is 0 Å². The predicted octanol–water partition coefficient (Wildman–Crippen LogP) is 2.50. The van der Waals surface area contributed by atoms with Crippen LogP contribution < -0.4 is 5.32 Å². The SMILES string of the molecule is Cc1cc(Br)nc(NC(=O)C2CC2)c1. The van der Waals surface area contributed by atoms with Gasteiger partial charge in [-0.05, 0) is 53.4 Å². The summed E-state index contributed by atoms with van der Waals surface area (Å²) in [5.74, 6) is 0.944. The number of nitrogens with zero attached hydrogens (tertiary/aromatic N) is 1. The molecule has 0 aromatic carbocycles. The molecule has 0 radical (unpaired) electrons. The van der Waals surface area contributed by atoms with E-state index < -0.39 is 0 Å². The van der Waals surface area contributed by atoms with Crippen molar-refractivity contribution in [2.75, 3.05) is 5.32 Å². The zero-order valence-corrected chi connectivity index (χ0v) is 9.47. The molecule has 1 heterocycles. The van der Waals surface area contributed by atoms with Crippen LogP contribution in [0.5, 0.6) is 0 Å². The van der Waals surface area contributed by atoms with Crippen molar-refractivity contribution in [1.82, 2.24) is 4.98 Å². The minimum atomic E-state index is 0.0926. The average Bonchev–Trinajstić information content (AvgIpc) is 2.82. The van der Waals surface area contributed by atoms with E-state index in [1.165, 1.54) is 0 Å². The number of nitrogens with one attached hydrogen (secondary N) is 1. The van der Waals surface area contributed by atoms with Gasteiger partial charge >= 0.3 is 0 Å². The van der Waals surface area contributed by atoms with Gasteiger partial charge in [-0.15, -0.1) is 0 Å². The van der Waals surface area contributed by atoms with Gasteiger partial charge in [-0.3, -0.25) is 4.79 Å². The van der Waals surface area contributed by atoms with Gasteiger partial charge in [0.25, 0.3) is 0 Å². The maximum atomic E-state index is 11.4. The number of amides is 1. The summed E-state index contributed by atoms with van der Waals surface area (Å²) in [6.45, 7) is 1.97. The highest BCUT2D eigenvalue weighted by Gasteiger charge is 2.29. The second-order valence-corrected chi connectivity index (χ2v) is 4.43. The smallest absolute Gasteiger partial charge is 0.228 e. The molecular formula is C10H11BrN2O. The fraction of sp³-hybridized carbons (Fsp3) is 0.400. The molecule has 0 unspecified atom stereocenters. The summed E-state index contributed by atoms with van der Waals surface area (Å²) in [6, 6.07) is 3.78. The third kappa shape index (κ3) is 2.32. The molecule has 14 heavy (non-hydrogen) atoms. The summed E-state index contributed by atoms with van der Waals surface area (Å²) < 4.78 is 0.753. The first-order chi connectivity index (χ1) is 6.65. The van der Waals surface area contributed by atoms with E-state index in [4.69, 9.17) is 0 Å². The van der Waals surface area contributed by atoms with Crippen molar-refractivity contribution in [2.24, 2.45) is 5.92 Å². The number of aryl methyl sites for hydroxylation is 1. The molecule has 1 amide bonds. The molecule has 1 aromatic heterocycles. The summed E-state index contributed by atoms with van der Waals surface area (Å²) in [5.41, 5.74) is 1.08. The molecule has 74 valence electrons. The number of carbonyl (C=O) groups is 1. The standard InChI is InChI=1S/C10H11BrN2O/c1-6-4-8(11)12-9(5-6)13-10(14)7-2-3-7/h4-5,7H,2-3H2,1H3,(H,12,13,14). The molecule has 1 N–H and O–H groups in total. The van der Waals surface area contributed by atoms with E-state index in [-0.39, 0.29) is 11.8 Å². The van der Waals surface area contributed by atoms with Crippen LogP contribution >= 0.6 is 15.9 Å². The molecule has 3 nitrogen and oxygen atoms in total. The minimum Gasteiger partial charge on any atom is -0.310 e. The summed E-state index contributed by atoms with van der Waals surface area (Å²) in [5, 5.41) is 2.81. The van der Waals surface area contributed by atoms with Crippen LogP contribution in [-0.4, -0.2) is 10.9 Å². The third-order valence-corrected chi connectivity index (χ3v) is 2.54. The van der Waals surface area contributed by atoms with Crippen LogP contribution in [0, 0.1) is 12.8 Å². The van der Waals surface area contributed by atoms with E-state index in [0.29, 0.717) is 5.82 Å². The van der Waals surface area contributed by atoms with Gasteiger partial charge in [0.15, 0.2) is 0 Å². The van der Waals surface area contributed by atoms with E-state index >= 15 is 0 Å². The number of hydrogen-bond donors (Lipinski definition) is 1. The highest BCUT2D eigenvalue weighted by molar-refractivity contribution is 9.10. The number of halogens is 1. The quantitative estimate of drug-likeness (QED) is 0.825. The summed E-state index contributed by atoms with van der Waals surface area (Å²) in [7, 11) is 0. The van der Waals surface area contributed by atoms with Crippen LogP contribution in [-0.2, 0) is 4.79 Å². The number of hydrogen-bond acceptors (Lipinski definition) is 2. The van der Waals surface area contributed by atoms with Crippen molar-refractivity contribution in [1.29, 1.82) is 0 Å². The van der Waals surface area contributed by atoms with Gasteiger partial charge < -0.3 is 5.32 Å². The topological polar surface area (TPSA) is 42.0 Å². The van der Waals surface area contributed by atoms with E-state index in [0.717, 1.165) is 23.0 Å². The second-order valence-electron chi connectivity index (χ2n) is 3.62. The summed E-state index contributed by atoms with van der Waals surface area (Å²) in [4.78, 5) is 15.6. The van der Waals surface area contributed by atoms with Gasteiger partial charge in [-0.1, -0.05) is 0 Å². The molecule has 0 bridgehead atoms. The number of rotatable bonds is 2. The van der Waals surface area contributed by atoms with Crippen LogP contribution in [0.2, 0.25) is 0 Å². The molecule has 0 saturated heterocycles. The van der Waals surface area contributed by atoms with E-state index in [9.17, 15) is 4.79 Å². The van der Waals surface area contributed by atoms with Gasteiger partial charge in [0.2, 0.25) is 5.91 Å². The van der Waals surface area contributed by atoms with Crippen LogP contribution in [0.15, 0.2) is 16.7 Å². The maximum absolute atomic E-state index is 11.4. The number of carbonyl (C=O) groups excluding carboxylic acids is 1. The van der Waals surface area contributed by atoms with Gasteiger partial charge in [0.05, 0.1) is 0 Å². The van der Waals surface area contributed by atoms with Crippen molar-refractivity contribution >= 4 is 27.7 Å². The lowest BCUT2D eigenvalue weighted by Crippen LogP contribution is -2.14. The molecule has 1 aliphatic rings. The van der Waals surface area contributed by atoms with Gasteiger partial charge in [-0.25, -0.2) is 4.98 Å². The Morgan fingerprint density at radius 2 is 2.29 bits per heavy atom. The molecule has 1 saturated carbocycles. The molecule has 1 aliphatic carbocycles. The molecular weight excluding hydrogens is 244 g/mol. The zero-order valence-electron chi connectivity index (χ0n) is 7.88. The lowest BCUT2D eigenvalue weighted by molar-refractivity contribution is -0.117.